The molecule has 0 fully saturated rings. The predicted molar refractivity (Wildman–Crippen MR) is 39.2 cm³/mol. The number of H-pyrrole nitrogens is 1. The fourth-order valence-electron chi connectivity index (χ4n) is 0.800. The van der Waals surface area contributed by atoms with Gasteiger partial charge in [-0.2, -0.15) is 0 Å². The van der Waals surface area contributed by atoms with Gasteiger partial charge in [0.1, 0.15) is 0 Å². The van der Waals surface area contributed by atoms with E-state index in [1.807, 2.05) is 6.08 Å². The summed E-state index contributed by atoms with van der Waals surface area (Å²) >= 11 is 0. The van der Waals surface area contributed by atoms with Gasteiger partial charge in [0.15, 0.2) is 11.0 Å². The molecule has 0 saturated carbocycles. The Balaban J connectivity index is 2.80. The standard InChI is InChI=1S/C7H6N4/c1-2-4-9-7-6(8-3-1)10-5-11-7/h1-5H,(H,8,9,10,11). The summed E-state index contributed by atoms with van der Waals surface area (Å²) in [6.45, 7) is 0. The third-order valence-corrected chi connectivity index (χ3v) is 1.28. The molecule has 0 saturated heterocycles. The highest BCUT2D eigenvalue weighted by Crippen LogP contribution is 1.79. The zero-order valence-corrected chi connectivity index (χ0v) is 5.73. The maximum atomic E-state index is 4.06. The molecule has 0 amide bonds. The molecule has 0 unspecified atom stereocenters. The van der Waals surface area contributed by atoms with Crippen molar-refractivity contribution in [3.8, 4) is 0 Å². The van der Waals surface area contributed by atoms with E-state index in [4.69, 9.17) is 0 Å². The molecule has 0 bridgehead atoms. The number of nitrogens with zero attached hydrogens (tertiary/aromatic N) is 3. The van der Waals surface area contributed by atoms with Crippen LogP contribution in [0.5, 0.6) is 0 Å². The summed E-state index contributed by atoms with van der Waals surface area (Å²) in [5.41, 5.74) is 1.33. The number of aromatic amines is 1. The van der Waals surface area contributed by atoms with Crippen LogP contribution < -0.4 is 11.0 Å². The Morgan fingerprint density at radius 2 is 1.91 bits per heavy atom. The van der Waals surface area contributed by atoms with Crippen LogP contribution in [-0.2, 0) is 0 Å². The number of hydrogen-bond acceptors (Lipinski definition) is 3. The fourth-order valence-corrected chi connectivity index (χ4v) is 0.800. The van der Waals surface area contributed by atoms with Crippen molar-refractivity contribution in [1.82, 2.24) is 9.97 Å². The Bertz CT molecular complexity index is 371. The number of nitrogens with one attached hydrogen (secondary N) is 1. The van der Waals surface area contributed by atoms with Gasteiger partial charge >= 0.3 is 0 Å². The summed E-state index contributed by atoms with van der Waals surface area (Å²) in [6.07, 6.45) is 8.58. The molecule has 1 aliphatic heterocycles. The normalized spacial score (nSPS) is 17.1. The molecule has 11 heavy (non-hydrogen) atoms. The molecule has 0 radical (unpaired) electrons. The highest BCUT2D eigenvalue weighted by atomic mass is 15.0. The van der Waals surface area contributed by atoms with Crippen molar-refractivity contribution in [1.29, 1.82) is 0 Å². The lowest BCUT2D eigenvalue weighted by atomic mass is 10.5. The van der Waals surface area contributed by atoms with E-state index in [0.29, 0.717) is 11.0 Å². The second-order valence-electron chi connectivity index (χ2n) is 2.02. The first kappa shape index (κ1) is 6.03. The van der Waals surface area contributed by atoms with Gasteiger partial charge in [0.2, 0.25) is 0 Å². The summed E-state index contributed by atoms with van der Waals surface area (Å²) in [5.74, 6) is 0. The average Bonchev–Trinajstić information content (AvgIpc) is 2.35. The van der Waals surface area contributed by atoms with Crippen LogP contribution in [0.15, 0.2) is 40.9 Å². The van der Waals surface area contributed by atoms with Crippen LogP contribution in [0.4, 0.5) is 0 Å². The third-order valence-electron chi connectivity index (χ3n) is 1.28. The summed E-state index contributed by atoms with van der Waals surface area (Å²) in [4.78, 5) is 14.9. The van der Waals surface area contributed by atoms with E-state index < -0.39 is 0 Å². The molecule has 2 heterocycles. The van der Waals surface area contributed by atoms with Gasteiger partial charge in [-0.1, -0.05) is 0 Å². The molecule has 1 N–H and O–H groups in total. The Labute approximate surface area is 62.7 Å². The van der Waals surface area contributed by atoms with Crippen molar-refractivity contribution in [2.45, 2.75) is 0 Å². The topological polar surface area (TPSA) is 53.4 Å². The molecular weight excluding hydrogens is 140 g/mol. The fraction of sp³-hybridized carbons (Fsp3) is 0. The minimum Gasteiger partial charge on any atom is -0.328 e. The van der Waals surface area contributed by atoms with Gasteiger partial charge in [0.25, 0.3) is 0 Å². The number of hydrogen-bond donors (Lipinski definition) is 1. The molecule has 4 nitrogen and oxygen atoms in total. The van der Waals surface area contributed by atoms with Crippen LogP contribution in [-0.4, -0.2) is 9.97 Å². The maximum Gasteiger partial charge on any atom is 0.197 e. The van der Waals surface area contributed by atoms with Crippen LogP contribution in [0, 0.1) is 0 Å². The highest BCUT2D eigenvalue weighted by molar-refractivity contribution is 5.03. The SMILES string of the molecule is C1=CN=c2nc[nH]c2=N/C=C\1. The first-order valence-electron chi connectivity index (χ1n) is 3.23. The van der Waals surface area contributed by atoms with E-state index in [-0.39, 0.29) is 0 Å². The van der Waals surface area contributed by atoms with Crippen molar-refractivity contribution >= 4 is 0 Å². The van der Waals surface area contributed by atoms with Gasteiger partial charge in [0.05, 0.1) is 6.33 Å². The number of fused-ring (bicyclic) bond motifs is 1. The quantitative estimate of drug-likeness (QED) is 0.536. The Morgan fingerprint density at radius 3 is 2.82 bits per heavy atom. The van der Waals surface area contributed by atoms with Crippen molar-refractivity contribution in [2.75, 3.05) is 0 Å². The summed E-state index contributed by atoms with van der Waals surface area (Å²) in [7, 11) is 0. The molecule has 0 aliphatic carbocycles. The molecular formula is C7H6N4. The minimum absolute atomic E-state index is 0.630. The Morgan fingerprint density at radius 1 is 1.09 bits per heavy atom. The lowest BCUT2D eigenvalue weighted by Gasteiger charge is -1.79. The van der Waals surface area contributed by atoms with E-state index in [1.54, 1.807) is 24.8 Å². The number of rotatable bonds is 0. The van der Waals surface area contributed by atoms with Crippen LogP contribution >= 0.6 is 0 Å². The van der Waals surface area contributed by atoms with Crippen molar-refractivity contribution in [3.05, 3.63) is 41.9 Å². The van der Waals surface area contributed by atoms with Gasteiger partial charge < -0.3 is 4.98 Å². The zero-order chi connectivity index (χ0) is 7.52. The molecule has 0 atom stereocenters. The van der Waals surface area contributed by atoms with Crippen molar-refractivity contribution in [3.63, 3.8) is 0 Å². The van der Waals surface area contributed by atoms with E-state index >= 15 is 0 Å². The second kappa shape index (κ2) is 2.49. The molecule has 1 aromatic rings. The molecule has 0 spiro atoms. The largest absolute Gasteiger partial charge is 0.328 e. The van der Waals surface area contributed by atoms with E-state index in [9.17, 15) is 0 Å². The average molecular weight is 146 g/mol. The van der Waals surface area contributed by atoms with Crippen LogP contribution in [0.2, 0.25) is 0 Å². The first-order chi connectivity index (χ1) is 5.47. The molecule has 1 aliphatic rings. The molecule has 1 aromatic heterocycles. The van der Waals surface area contributed by atoms with Gasteiger partial charge in [-0.3, -0.25) is 0 Å². The lowest BCUT2D eigenvalue weighted by Crippen LogP contribution is -2.24. The number of allylic oxidation sites excluding steroid dienone is 2. The van der Waals surface area contributed by atoms with Crippen LogP contribution in [0.1, 0.15) is 0 Å². The number of imidazole rings is 1. The second-order valence-corrected chi connectivity index (χ2v) is 2.02. The van der Waals surface area contributed by atoms with E-state index in [2.05, 4.69) is 20.0 Å². The first-order valence-corrected chi connectivity index (χ1v) is 3.23. The van der Waals surface area contributed by atoms with Crippen molar-refractivity contribution < 1.29 is 0 Å². The number of aromatic nitrogens is 2. The lowest BCUT2D eigenvalue weighted by molar-refractivity contribution is 1.11. The van der Waals surface area contributed by atoms with Gasteiger partial charge in [-0.05, 0) is 12.2 Å². The van der Waals surface area contributed by atoms with E-state index in [0.717, 1.165) is 0 Å². The Kier molecular flexibility index (Phi) is 1.37. The summed E-state index contributed by atoms with van der Waals surface area (Å²) in [6, 6.07) is 0. The molecule has 4 heteroatoms. The summed E-state index contributed by atoms with van der Waals surface area (Å²) < 4.78 is 0. The highest BCUT2D eigenvalue weighted by Gasteiger charge is 1.87. The zero-order valence-electron chi connectivity index (χ0n) is 5.73. The molecule has 0 aromatic carbocycles. The smallest absolute Gasteiger partial charge is 0.197 e. The van der Waals surface area contributed by atoms with Crippen molar-refractivity contribution in [2.24, 2.45) is 9.98 Å². The maximum absolute atomic E-state index is 4.06. The van der Waals surface area contributed by atoms with Gasteiger partial charge in [-0.25, -0.2) is 15.0 Å². The Hall–Kier alpha value is -1.71. The van der Waals surface area contributed by atoms with Crippen LogP contribution in [0.3, 0.4) is 0 Å². The molecule has 2 rings (SSSR count). The van der Waals surface area contributed by atoms with Crippen LogP contribution in [0.25, 0.3) is 0 Å². The van der Waals surface area contributed by atoms with E-state index in [1.165, 1.54) is 0 Å². The summed E-state index contributed by atoms with van der Waals surface area (Å²) in [5, 5.41) is 0. The minimum atomic E-state index is 0.630. The molecule has 54 valence electrons. The van der Waals surface area contributed by atoms with Gasteiger partial charge in [0, 0.05) is 12.4 Å². The third kappa shape index (κ3) is 1.10. The monoisotopic (exact) mass is 146 g/mol. The predicted octanol–water partition coefficient (Wildman–Crippen LogP) is -0.310. The van der Waals surface area contributed by atoms with Gasteiger partial charge in [-0.15, -0.1) is 0 Å².